The molecule has 1 aliphatic heterocycles. The van der Waals surface area contributed by atoms with Crippen LogP contribution in [0.15, 0.2) is 30.3 Å². The number of rotatable bonds is 4. The van der Waals surface area contributed by atoms with Crippen LogP contribution in [-0.4, -0.2) is 25.9 Å². The summed E-state index contributed by atoms with van der Waals surface area (Å²) in [6, 6.07) is 9.88. The van der Waals surface area contributed by atoms with Crippen molar-refractivity contribution in [2.45, 2.75) is 18.8 Å². The fourth-order valence-corrected chi connectivity index (χ4v) is 1.86. The third-order valence-electron chi connectivity index (χ3n) is 2.72. The third-order valence-corrected chi connectivity index (χ3v) is 2.72. The van der Waals surface area contributed by atoms with Gasteiger partial charge in [-0.25, -0.2) is 0 Å². The lowest BCUT2D eigenvalue weighted by Gasteiger charge is -2.23. The number of benzene rings is 1. The molecule has 0 aliphatic carbocycles. The Morgan fingerprint density at radius 1 is 1.47 bits per heavy atom. The summed E-state index contributed by atoms with van der Waals surface area (Å²) in [5, 5.41) is 0. The molecule has 2 rings (SSSR count). The fourth-order valence-electron chi connectivity index (χ4n) is 1.86. The smallest absolute Gasteiger partial charge is 0.192 e. The summed E-state index contributed by atoms with van der Waals surface area (Å²) in [6.07, 6.45) is 5.05. The van der Waals surface area contributed by atoms with E-state index >= 15 is 0 Å². The summed E-state index contributed by atoms with van der Waals surface area (Å²) in [4.78, 5) is 0. The summed E-state index contributed by atoms with van der Waals surface area (Å²) >= 11 is 0. The quantitative estimate of drug-likeness (QED) is 0.586. The second-order valence-electron chi connectivity index (χ2n) is 4.08. The maximum atomic E-state index is 5.87. The van der Waals surface area contributed by atoms with Crippen LogP contribution in [0, 0.1) is 12.3 Å². The average Bonchev–Trinajstić information content (AvgIpc) is 2.74. The number of hydrogen-bond donors (Lipinski definition) is 0. The number of ether oxygens (including phenoxy) is 3. The molecule has 3 nitrogen and oxygen atoms in total. The lowest BCUT2D eigenvalue weighted by atomic mass is 10.1. The molecule has 3 heteroatoms. The van der Waals surface area contributed by atoms with Gasteiger partial charge in [-0.1, -0.05) is 36.3 Å². The van der Waals surface area contributed by atoms with Crippen LogP contribution < -0.4 is 0 Å². The molecule has 0 aromatic heterocycles. The number of terminal acetylenes is 1. The van der Waals surface area contributed by atoms with Crippen molar-refractivity contribution in [3.63, 3.8) is 0 Å². The van der Waals surface area contributed by atoms with E-state index in [0.717, 1.165) is 5.56 Å². The minimum atomic E-state index is -0.675. The summed E-state index contributed by atoms with van der Waals surface area (Å²) < 4.78 is 16.8. The van der Waals surface area contributed by atoms with Crippen molar-refractivity contribution in [1.29, 1.82) is 0 Å². The molecule has 0 bridgehead atoms. The van der Waals surface area contributed by atoms with Gasteiger partial charge < -0.3 is 14.2 Å². The van der Waals surface area contributed by atoms with Crippen LogP contribution in [0.25, 0.3) is 0 Å². The molecule has 2 atom stereocenters. The van der Waals surface area contributed by atoms with Crippen molar-refractivity contribution in [3.8, 4) is 12.3 Å². The van der Waals surface area contributed by atoms with Crippen LogP contribution in [0.4, 0.5) is 0 Å². The highest BCUT2D eigenvalue weighted by Crippen LogP contribution is 2.33. The molecule has 1 aromatic rings. The molecule has 17 heavy (non-hydrogen) atoms. The molecule has 0 unspecified atom stereocenters. The topological polar surface area (TPSA) is 27.7 Å². The molecule has 0 saturated carbocycles. The monoisotopic (exact) mass is 232 g/mol. The Hall–Kier alpha value is -1.34. The van der Waals surface area contributed by atoms with E-state index in [2.05, 4.69) is 5.92 Å². The minimum absolute atomic E-state index is 0.0615. The molecule has 0 spiro atoms. The van der Waals surface area contributed by atoms with Crippen LogP contribution in [-0.2, 0) is 20.0 Å². The Balaban J connectivity index is 1.94. The fraction of sp³-hybridized carbons (Fsp3) is 0.429. The van der Waals surface area contributed by atoms with Crippen molar-refractivity contribution in [2.75, 3.05) is 19.8 Å². The van der Waals surface area contributed by atoms with E-state index in [4.69, 9.17) is 20.6 Å². The standard InChI is InChI=1S/C14H16O3/c1-3-9-15-10-13-11-16-14(2,17-13)12-7-5-4-6-8-12/h1,4-8,13H,9-11H2,2H3/t13-,14+/m0/s1. The first-order chi connectivity index (χ1) is 8.24. The van der Waals surface area contributed by atoms with E-state index in [1.165, 1.54) is 0 Å². The highest BCUT2D eigenvalue weighted by molar-refractivity contribution is 5.20. The van der Waals surface area contributed by atoms with Gasteiger partial charge in [0.05, 0.1) is 13.2 Å². The minimum Gasteiger partial charge on any atom is -0.366 e. The SMILES string of the molecule is C#CCOC[C@H]1CO[C@@](C)(c2ccccc2)O1. The van der Waals surface area contributed by atoms with Crippen LogP contribution >= 0.6 is 0 Å². The first kappa shape index (κ1) is 12.1. The second-order valence-corrected chi connectivity index (χ2v) is 4.08. The normalized spacial score (nSPS) is 27.9. The van der Waals surface area contributed by atoms with Gasteiger partial charge >= 0.3 is 0 Å². The molecule has 0 N–H and O–H groups in total. The highest BCUT2D eigenvalue weighted by atomic mass is 16.7. The van der Waals surface area contributed by atoms with E-state index in [9.17, 15) is 0 Å². The van der Waals surface area contributed by atoms with Gasteiger partial charge in [-0.05, 0) is 6.92 Å². The Labute approximate surface area is 102 Å². The molecule has 0 radical (unpaired) electrons. The van der Waals surface area contributed by atoms with E-state index < -0.39 is 5.79 Å². The van der Waals surface area contributed by atoms with Crippen LogP contribution in [0.3, 0.4) is 0 Å². The van der Waals surface area contributed by atoms with Gasteiger partial charge in [0.25, 0.3) is 0 Å². The molecule has 1 aliphatic rings. The van der Waals surface area contributed by atoms with E-state index in [1.807, 2.05) is 37.3 Å². The Bertz CT molecular complexity index is 396. The van der Waals surface area contributed by atoms with Crippen molar-refractivity contribution in [3.05, 3.63) is 35.9 Å². The second kappa shape index (κ2) is 5.33. The zero-order valence-electron chi connectivity index (χ0n) is 9.89. The molecular weight excluding hydrogens is 216 g/mol. The maximum Gasteiger partial charge on any atom is 0.192 e. The molecule has 1 aromatic carbocycles. The predicted molar refractivity (Wildman–Crippen MR) is 64.3 cm³/mol. The third kappa shape index (κ3) is 2.86. The lowest BCUT2D eigenvalue weighted by Crippen LogP contribution is -2.25. The molecule has 1 fully saturated rings. The largest absolute Gasteiger partial charge is 0.366 e. The molecule has 0 amide bonds. The first-order valence-electron chi connectivity index (χ1n) is 5.63. The zero-order chi connectivity index (χ0) is 12.1. The molecular formula is C14H16O3. The van der Waals surface area contributed by atoms with Gasteiger partial charge in [0.1, 0.15) is 12.7 Å². The zero-order valence-corrected chi connectivity index (χ0v) is 9.89. The van der Waals surface area contributed by atoms with E-state index in [1.54, 1.807) is 0 Å². The lowest BCUT2D eigenvalue weighted by molar-refractivity contribution is -0.166. The van der Waals surface area contributed by atoms with Gasteiger partial charge in [-0.3, -0.25) is 0 Å². The summed E-state index contributed by atoms with van der Waals surface area (Å²) in [5.74, 6) is 1.75. The number of hydrogen-bond acceptors (Lipinski definition) is 3. The van der Waals surface area contributed by atoms with Gasteiger partial charge in [-0.2, -0.15) is 0 Å². The van der Waals surface area contributed by atoms with Crippen LogP contribution in [0.5, 0.6) is 0 Å². The summed E-state index contributed by atoms with van der Waals surface area (Å²) in [7, 11) is 0. The van der Waals surface area contributed by atoms with E-state index in [0.29, 0.717) is 19.8 Å². The van der Waals surface area contributed by atoms with Crippen molar-refractivity contribution >= 4 is 0 Å². The van der Waals surface area contributed by atoms with Crippen molar-refractivity contribution < 1.29 is 14.2 Å². The van der Waals surface area contributed by atoms with Gasteiger partial charge in [0.2, 0.25) is 0 Å². The Morgan fingerprint density at radius 3 is 2.94 bits per heavy atom. The van der Waals surface area contributed by atoms with E-state index in [-0.39, 0.29) is 6.10 Å². The average molecular weight is 232 g/mol. The van der Waals surface area contributed by atoms with Gasteiger partial charge in [-0.15, -0.1) is 6.42 Å². The first-order valence-corrected chi connectivity index (χ1v) is 5.63. The van der Waals surface area contributed by atoms with Crippen molar-refractivity contribution in [1.82, 2.24) is 0 Å². The van der Waals surface area contributed by atoms with Gasteiger partial charge in [0, 0.05) is 5.56 Å². The molecule has 1 saturated heterocycles. The summed E-state index contributed by atoms with van der Waals surface area (Å²) in [5.41, 5.74) is 1.01. The molecule has 1 heterocycles. The Morgan fingerprint density at radius 2 is 2.24 bits per heavy atom. The van der Waals surface area contributed by atoms with Crippen LogP contribution in [0.2, 0.25) is 0 Å². The van der Waals surface area contributed by atoms with Crippen LogP contribution in [0.1, 0.15) is 12.5 Å². The van der Waals surface area contributed by atoms with Crippen molar-refractivity contribution in [2.24, 2.45) is 0 Å². The van der Waals surface area contributed by atoms with Gasteiger partial charge in [0.15, 0.2) is 5.79 Å². The maximum absolute atomic E-state index is 5.87. The predicted octanol–water partition coefficient (Wildman–Crippen LogP) is 1.92. The summed E-state index contributed by atoms with van der Waals surface area (Å²) in [6.45, 7) is 3.22. The highest BCUT2D eigenvalue weighted by Gasteiger charge is 2.38. The Kier molecular flexibility index (Phi) is 3.80. The molecule has 90 valence electrons.